The number of phenols is 1. The molecule has 0 radical (unpaired) electrons. The molecule has 3 rings (SSSR count). The predicted molar refractivity (Wildman–Crippen MR) is 105 cm³/mol. The average Bonchev–Trinajstić information content (AvgIpc) is 3.12. The van der Waals surface area contributed by atoms with Crippen molar-refractivity contribution in [3.8, 4) is 11.5 Å². The Bertz CT molecular complexity index is 1050. The van der Waals surface area contributed by atoms with Crippen molar-refractivity contribution >= 4 is 44.8 Å². The molecule has 1 heterocycles. The van der Waals surface area contributed by atoms with Crippen molar-refractivity contribution in [1.29, 1.82) is 0 Å². The summed E-state index contributed by atoms with van der Waals surface area (Å²) in [4.78, 5) is 22.5. The minimum atomic E-state index is -0.677. The molecule has 144 valence electrons. The number of rotatable bonds is 6. The maximum absolute atomic E-state index is 12.3. The number of hydrogen-bond acceptors (Lipinski definition) is 6. The van der Waals surface area contributed by atoms with Crippen LogP contribution in [0.5, 0.6) is 11.5 Å². The van der Waals surface area contributed by atoms with Crippen LogP contribution in [0.2, 0.25) is 5.02 Å². The Hall–Kier alpha value is -3.04. The van der Waals surface area contributed by atoms with E-state index in [1.54, 1.807) is 24.3 Å². The monoisotopic (exact) mass is 466 g/mol. The number of nitro benzene ring substituents is 1. The van der Waals surface area contributed by atoms with E-state index >= 15 is 0 Å². The van der Waals surface area contributed by atoms with E-state index in [0.29, 0.717) is 16.5 Å². The van der Waals surface area contributed by atoms with E-state index in [1.807, 2.05) is 0 Å². The van der Waals surface area contributed by atoms with Gasteiger partial charge in [-0.2, -0.15) is 0 Å². The van der Waals surface area contributed by atoms with Crippen molar-refractivity contribution < 1.29 is 24.0 Å². The summed E-state index contributed by atoms with van der Waals surface area (Å²) in [5, 5.41) is 23.4. The van der Waals surface area contributed by atoms with Gasteiger partial charge in [0.2, 0.25) is 0 Å². The zero-order valence-corrected chi connectivity index (χ0v) is 16.4. The highest BCUT2D eigenvalue weighted by Gasteiger charge is 2.16. The molecule has 1 aromatic heterocycles. The third kappa shape index (κ3) is 4.62. The molecule has 0 aliphatic carbocycles. The first kappa shape index (κ1) is 19.7. The topological polar surface area (TPSA) is 115 Å². The summed E-state index contributed by atoms with van der Waals surface area (Å²) in [5.74, 6) is -0.213. The number of nitrogens with zero attached hydrogens (tertiary/aromatic N) is 1. The van der Waals surface area contributed by atoms with E-state index in [9.17, 15) is 20.0 Å². The summed E-state index contributed by atoms with van der Waals surface area (Å²) < 4.78 is 11.8. The van der Waals surface area contributed by atoms with Crippen LogP contribution in [0.1, 0.15) is 16.3 Å². The molecule has 0 saturated heterocycles. The highest BCUT2D eigenvalue weighted by molar-refractivity contribution is 9.10. The van der Waals surface area contributed by atoms with Crippen LogP contribution in [0.3, 0.4) is 0 Å². The van der Waals surface area contributed by atoms with Crippen molar-refractivity contribution in [1.82, 2.24) is 0 Å². The van der Waals surface area contributed by atoms with Crippen molar-refractivity contribution in [3.05, 3.63) is 79.7 Å². The van der Waals surface area contributed by atoms with E-state index in [4.69, 9.17) is 20.8 Å². The molecule has 0 bridgehead atoms. The molecule has 2 N–H and O–H groups in total. The summed E-state index contributed by atoms with van der Waals surface area (Å²) in [6.07, 6.45) is 0. The lowest BCUT2D eigenvalue weighted by Crippen LogP contribution is -2.11. The van der Waals surface area contributed by atoms with Gasteiger partial charge in [0.05, 0.1) is 15.6 Å². The second kappa shape index (κ2) is 8.32. The second-order valence-corrected chi connectivity index (χ2v) is 6.86. The highest BCUT2D eigenvalue weighted by atomic mass is 79.9. The first-order valence-electron chi connectivity index (χ1n) is 7.79. The fourth-order valence-electron chi connectivity index (χ4n) is 2.24. The summed E-state index contributed by atoms with van der Waals surface area (Å²) in [5.41, 5.74) is -0.372. The Kier molecular flexibility index (Phi) is 5.86. The van der Waals surface area contributed by atoms with E-state index < -0.39 is 10.8 Å². The second-order valence-electron chi connectivity index (χ2n) is 5.54. The number of hydrogen-bond donors (Lipinski definition) is 2. The number of halogens is 2. The third-order valence-electron chi connectivity index (χ3n) is 3.59. The maximum atomic E-state index is 12.3. The van der Waals surface area contributed by atoms with E-state index in [2.05, 4.69) is 21.2 Å². The van der Waals surface area contributed by atoms with Gasteiger partial charge in [-0.25, -0.2) is 0 Å². The minimum Gasteiger partial charge on any atom is -0.506 e. The van der Waals surface area contributed by atoms with Crippen LogP contribution in [0, 0.1) is 10.1 Å². The number of benzene rings is 2. The van der Waals surface area contributed by atoms with E-state index in [1.165, 1.54) is 6.07 Å². The number of nitrogens with one attached hydrogen (secondary N) is 1. The first-order chi connectivity index (χ1) is 13.3. The largest absolute Gasteiger partial charge is 0.506 e. The molecule has 0 aliphatic heterocycles. The average molecular weight is 468 g/mol. The lowest BCUT2D eigenvalue weighted by molar-refractivity contribution is -0.384. The summed E-state index contributed by atoms with van der Waals surface area (Å²) in [6.45, 7) is 0.0384. The Morgan fingerprint density at radius 1 is 1.25 bits per heavy atom. The molecule has 2 aromatic carbocycles. The van der Waals surface area contributed by atoms with Crippen LogP contribution in [0.15, 0.2) is 57.4 Å². The predicted octanol–water partition coefficient (Wildman–Crippen LogP) is 5.14. The smallest absolute Gasteiger partial charge is 0.291 e. The third-order valence-corrected chi connectivity index (χ3v) is 4.38. The Balaban J connectivity index is 1.67. The normalized spacial score (nSPS) is 10.5. The Labute approximate surface area is 172 Å². The molecule has 10 heteroatoms. The van der Waals surface area contributed by atoms with Gasteiger partial charge in [0.1, 0.15) is 23.9 Å². The lowest BCUT2D eigenvalue weighted by atomic mass is 10.2. The van der Waals surface area contributed by atoms with Crippen LogP contribution in [0.25, 0.3) is 0 Å². The van der Waals surface area contributed by atoms with Crippen LogP contribution in [0.4, 0.5) is 11.4 Å². The first-order valence-corrected chi connectivity index (χ1v) is 8.96. The Morgan fingerprint density at radius 2 is 2.04 bits per heavy atom. The van der Waals surface area contributed by atoms with Gasteiger partial charge in [-0.1, -0.05) is 27.5 Å². The molecular weight excluding hydrogens is 456 g/mol. The van der Waals surface area contributed by atoms with Crippen molar-refractivity contribution in [3.63, 3.8) is 0 Å². The molecular formula is C18H12BrClN2O6. The molecule has 3 aromatic rings. The van der Waals surface area contributed by atoms with Gasteiger partial charge in [0.15, 0.2) is 5.76 Å². The van der Waals surface area contributed by atoms with Crippen LogP contribution >= 0.6 is 27.5 Å². The summed E-state index contributed by atoms with van der Waals surface area (Å²) in [6, 6.07) is 11.4. The molecule has 0 atom stereocenters. The van der Waals surface area contributed by atoms with Gasteiger partial charge in [-0.05, 0) is 36.4 Å². The molecule has 0 unspecified atom stereocenters. The molecule has 8 nitrogen and oxygen atoms in total. The molecule has 0 fully saturated rings. The highest BCUT2D eigenvalue weighted by Crippen LogP contribution is 2.30. The quantitative estimate of drug-likeness (QED) is 0.295. The number of non-ortho nitro benzene ring substituents is 1. The van der Waals surface area contributed by atoms with E-state index in [-0.39, 0.29) is 29.5 Å². The van der Waals surface area contributed by atoms with Gasteiger partial charge >= 0.3 is 0 Å². The lowest BCUT2D eigenvalue weighted by Gasteiger charge is -2.07. The minimum absolute atomic E-state index is 0.0384. The Morgan fingerprint density at radius 3 is 2.75 bits per heavy atom. The van der Waals surface area contributed by atoms with E-state index in [0.717, 1.165) is 22.7 Å². The summed E-state index contributed by atoms with van der Waals surface area (Å²) in [7, 11) is 0. The molecule has 0 saturated carbocycles. The molecule has 0 aliphatic rings. The zero-order chi connectivity index (χ0) is 20.3. The maximum Gasteiger partial charge on any atom is 0.291 e. The van der Waals surface area contributed by atoms with Gasteiger partial charge in [0, 0.05) is 16.6 Å². The number of phenolic OH excluding ortho intramolecular Hbond substituents is 1. The molecule has 1 amide bonds. The zero-order valence-electron chi connectivity index (χ0n) is 14.0. The van der Waals surface area contributed by atoms with Gasteiger partial charge < -0.3 is 19.6 Å². The number of anilines is 1. The number of ether oxygens (including phenoxy) is 1. The van der Waals surface area contributed by atoms with Crippen LogP contribution < -0.4 is 10.1 Å². The van der Waals surface area contributed by atoms with Crippen molar-refractivity contribution in [2.75, 3.05) is 5.32 Å². The fraction of sp³-hybridized carbons (Fsp3) is 0.0556. The fourth-order valence-corrected chi connectivity index (χ4v) is 2.97. The van der Waals surface area contributed by atoms with Gasteiger partial charge in [0.25, 0.3) is 11.6 Å². The number of furan rings is 1. The SMILES string of the molecule is O=C(Nc1cc([N+](=O)[O-])ccc1O)c1ccc(COc2ccc(Br)cc2Cl)o1. The standard InChI is InChI=1S/C18H12BrClN2O6/c19-10-1-5-16(13(20)7-10)27-9-12-3-6-17(28-12)18(24)21-14-8-11(22(25)26)2-4-15(14)23/h1-8,23H,9H2,(H,21,24). The van der Waals surface area contributed by atoms with Crippen LogP contribution in [-0.4, -0.2) is 15.9 Å². The number of nitro groups is 1. The van der Waals surface area contributed by atoms with Crippen LogP contribution in [-0.2, 0) is 6.61 Å². The summed E-state index contributed by atoms with van der Waals surface area (Å²) >= 11 is 9.37. The number of amides is 1. The van der Waals surface area contributed by atoms with Crippen molar-refractivity contribution in [2.24, 2.45) is 0 Å². The van der Waals surface area contributed by atoms with Gasteiger partial charge in [-0.3, -0.25) is 14.9 Å². The molecule has 0 spiro atoms. The van der Waals surface area contributed by atoms with Gasteiger partial charge in [-0.15, -0.1) is 0 Å². The number of aromatic hydroxyl groups is 1. The number of carbonyl (C=O) groups excluding carboxylic acids is 1. The molecule has 28 heavy (non-hydrogen) atoms. The number of carbonyl (C=O) groups is 1. The van der Waals surface area contributed by atoms with Crippen molar-refractivity contribution in [2.45, 2.75) is 6.61 Å².